The fraction of sp³-hybridized carbons (Fsp3) is 0.204. The highest BCUT2D eigenvalue weighted by atomic mass is 16.3. The van der Waals surface area contributed by atoms with Gasteiger partial charge in [0, 0.05) is 55.8 Å². The minimum absolute atomic E-state index is 0.108. The summed E-state index contributed by atoms with van der Waals surface area (Å²) in [6.45, 7) is 35.1. The lowest BCUT2D eigenvalue weighted by Gasteiger charge is -2.46. The molecule has 2 aliphatic rings. The molecule has 0 radical (unpaired) electrons. The van der Waals surface area contributed by atoms with E-state index >= 15 is 0 Å². The van der Waals surface area contributed by atoms with Gasteiger partial charge in [-0.1, -0.05) is 322 Å². The quantitative estimate of drug-likeness (QED) is 0.142. The van der Waals surface area contributed by atoms with Gasteiger partial charge in [-0.15, -0.1) is 0 Å². The third kappa shape index (κ3) is 11.1. The Kier molecular flexibility index (Phi) is 15.2. The van der Waals surface area contributed by atoms with E-state index in [9.17, 15) is 0 Å². The summed E-state index contributed by atoms with van der Waals surface area (Å²) in [5.74, 6) is 0. The molecule has 0 saturated carbocycles. The van der Waals surface area contributed by atoms with Crippen molar-refractivity contribution in [3.05, 3.63) is 295 Å². The lowest BCUT2D eigenvalue weighted by atomic mass is 9.33. The van der Waals surface area contributed by atoms with Crippen molar-refractivity contribution in [1.29, 1.82) is 0 Å². The largest absolute Gasteiger partial charge is 0.455 e. The zero-order valence-electron chi connectivity index (χ0n) is 62.2. The molecule has 0 unspecified atom stereocenters. The highest BCUT2D eigenvalue weighted by Gasteiger charge is 2.47. The van der Waals surface area contributed by atoms with Crippen molar-refractivity contribution in [1.82, 2.24) is 0 Å². The number of furan rings is 2. The lowest BCUT2D eigenvalue weighted by molar-refractivity contribution is 0.568. The fourth-order valence-electron chi connectivity index (χ4n) is 16.2. The van der Waals surface area contributed by atoms with Gasteiger partial charge < -0.3 is 18.6 Å². The summed E-state index contributed by atoms with van der Waals surface area (Å²) in [5, 5.41) is 4.23. The molecule has 0 saturated heterocycles. The summed E-state index contributed by atoms with van der Waals surface area (Å²) >= 11 is 0. The topological polar surface area (TPSA) is 32.8 Å². The molecule has 2 aromatic heterocycles. The molecule has 5 heteroatoms. The maximum Gasteiger partial charge on any atom is 0.252 e. The van der Waals surface area contributed by atoms with Crippen molar-refractivity contribution in [2.75, 3.05) is 9.80 Å². The predicted octanol–water partition coefficient (Wildman–Crippen LogP) is 26.1. The summed E-state index contributed by atoms with van der Waals surface area (Å²) in [7, 11) is 0. The Labute approximate surface area is 608 Å². The van der Waals surface area contributed by atoms with Crippen LogP contribution >= 0.6 is 0 Å². The first-order valence-electron chi connectivity index (χ1n) is 36.8. The molecule has 0 fully saturated rings. The van der Waals surface area contributed by atoms with E-state index in [1.807, 2.05) is 0 Å². The van der Waals surface area contributed by atoms with Crippen LogP contribution in [0.2, 0.25) is 0 Å². The smallest absolute Gasteiger partial charge is 0.252 e. The average molecular weight is 1340 g/mol. The molecule has 15 aromatic rings. The van der Waals surface area contributed by atoms with Crippen LogP contribution in [0, 0.1) is 0 Å². The van der Waals surface area contributed by atoms with Gasteiger partial charge in [0.05, 0.1) is 22.1 Å². The molecule has 4 heterocycles. The second kappa shape index (κ2) is 23.9. The van der Waals surface area contributed by atoms with Crippen LogP contribution in [-0.4, -0.2) is 6.71 Å². The number of hydrogen-bond donors (Lipinski definition) is 0. The van der Waals surface area contributed by atoms with Crippen molar-refractivity contribution in [3.63, 3.8) is 0 Å². The minimum Gasteiger partial charge on any atom is -0.455 e. The van der Waals surface area contributed by atoms with E-state index < -0.39 is 0 Å². The molecule has 17 rings (SSSR count). The van der Waals surface area contributed by atoms with Crippen molar-refractivity contribution in [2.45, 2.75) is 131 Å². The Morgan fingerprint density at radius 1 is 0.252 bits per heavy atom. The normalized spacial score (nSPS) is 13.3. The highest BCUT2D eigenvalue weighted by Crippen LogP contribution is 2.57. The first-order valence-corrected chi connectivity index (χ1v) is 36.8. The van der Waals surface area contributed by atoms with E-state index in [-0.39, 0.29) is 33.8 Å². The molecule has 2 aliphatic heterocycles. The van der Waals surface area contributed by atoms with Crippen molar-refractivity contribution in [3.8, 4) is 66.8 Å². The number of rotatable bonds is 8. The summed E-state index contributed by atoms with van der Waals surface area (Å²) in [5.41, 5.74) is 32.8. The van der Waals surface area contributed by atoms with E-state index in [0.717, 1.165) is 134 Å². The first kappa shape index (κ1) is 65.4. The molecule has 0 atom stereocenters. The molecular formula is C98H89BN2O2. The van der Waals surface area contributed by atoms with Crippen LogP contribution in [0.3, 0.4) is 0 Å². The Hall–Kier alpha value is -10.9. The van der Waals surface area contributed by atoms with Crippen molar-refractivity contribution < 1.29 is 8.83 Å². The number of fused-ring (bicyclic) bond motifs is 10. The third-order valence-electron chi connectivity index (χ3n) is 22.0. The van der Waals surface area contributed by atoms with Crippen LogP contribution in [0.5, 0.6) is 0 Å². The monoisotopic (exact) mass is 1340 g/mol. The third-order valence-corrected chi connectivity index (χ3v) is 22.0. The summed E-state index contributed by atoms with van der Waals surface area (Å²) in [6, 6.07) is 101. The van der Waals surface area contributed by atoms with Gasteiger partial charge in [0.15, 0.2) is 0 Å². The van der Waals surface area contributed by atoms with Gasteiger partial charge >= 0.3 is 0 Å². The van der Waals surface area contributed by atoms with E-state index in [2.05, 4.69) is 381 Å². The van der Waals surface area contributed by atoms with Gasteiger partial charge in [0.25, 0.3) is 6.71 Å². The van der Waals surface area contributed by atoms with Crippen LogP contribution < -0.4 is 26.2 Å². The molecule has 0 spiro atoms. The van der Waals surface area contributed by atoms with Gasteiger partial charge in [-0.25, -0.2) is 0 Å². The van der Waals surface area contributed by atoms with E-state index in [4.69, 9.17) is 8.83 Å². The maximum absolute atomic E-state index is 7.42. The molecule has 0 aliphatic carbocycles. The summed E-state index contributed by atoms with van der Waals surface area (Å²) in [6.07, 6.45) is 0. The van der Waals surface area contributed by atoms with E-state index in [1.54, 1.807) is 0 Å². The SMILES string of the molecule is CC(C)(C)c1cc(-c2ccc3c(c2)N(c2c(-c4ccccc4)cc(-c4ccccc4)c4oc5ccccc5c24)c2cc(C(C)(C)C)cc4c2B3c2ccc(-c3cc(C(C)(C)C)cc(C(C)(C)C)c3)cc2N4c2c(-c3ccccc3)cc(-c3ccccc3)c3oc4ccccc4c23)cc(C(C)(C)C)c1. The standard InChI is InChI=1S/C98H89BN2O2/c1-94(2,3)68-48-66(49-69(54-68)95(4,5)6)64-44-46-79-81(52-64)100(90-75(60-32-20-16-21-33-60)58-77(62-36-24-18-25-37-62)92-87(90)73-40-28-30-42-85(73)102-92)83-56-72(98(13,14)15)57-84-89(83)99(79)80-47-45-65(67-50-70(96(7,8)9)55-71(51-67)97(10,11)12)53-82(80)101(84)91-76(61-34-22-17-23-35-61)59-78(63-38-26-19-27-39-63)93-88(91)74-41-29-31-43-86(74)103-93/h16-59H,1-15H3. The summed E-state index contributed by atoms with van der Waals surface area (Å²) < 4.78 is 14.8. The van der Waals surface area contributed by atoms with Crippen LogP contribution in [0.1, 0.15) is 132 Å². The van der Waals surface area contributed by atoms with Gasteiger partial charge in [0.1, 0.15) is 22.3 Å². The molecule has 4 nitrogen and oxygen atoms in total. The summed E-state index contributed by atoms with van der Waals surface area (Å²) in [4.78, 5) is 5.40. The number of para-hydroxylation sites is 2. The van der Waals surface area contributed by atoms with Gasteiger partial charge in [-0.05, 0) is 164 Å². The number of hydrogen-bond acceptors (Lipinski definition) is 4. The minimum atomic E-state index is -0.357. The molecule has 0 amide bonds. The molecule has 103 heavy (non-hydrogen) atoms. The predicted molar refractivity (Wildman–Crippen MR) is 441 cm³/mol. The molecule has 506 valence electrons. The Bertz CT molecular complexity index is 5460. The molecule has 0 N–H and O–H groups in total. The average Bonchev–Trinajstić information content (AvgIpc) is 1.53. The highest BCUT2D eigenvalue weighted by molar-refractivity contribution is 7.00. The Morgan fingerprint density at radius 3 is 0.883 bits per heavy atom. The van der Waals surface area contributed by atoms with Crippen LogP contribution in [0.25, 0.3) is 111 Å². The second-order valence-electron chi connectivity index (χ2n) is 34.1. The molecule has 0 bridgehead atoms. The zero-order chi connectivity index (χ0) is 71.4. The lowest BCUT2D eigenvalue weighted by Crippen LogP contribution is -2.61. The Morgan fingerprint density at radius 2 is 0.553 bits per heavy atom. The van der Waals surface area contributed by atoms with Gasteiger partial charge in [-0.2, -0.15) is 0 Å². The van der Waals surface area contributed by atoms with Gasteiger partial charge in [-0.3, -0.25) is 0 Å². The Balaban J connectivity index is 1.08. The van der Waals surface area contributed by atoms with E-state index in [0.29, 0.717) is 0 Å². The number of nitrogens with zero attached hydrogens (tertiary/aromatic N) is 2. The van der Waals surface area contributed by atoms with Gasteiger partial charge in [0.2, 0.25) is 0 Å². The van der Waals surface area contributed by atoms with Crippen LogP contribution in [0.15, 0.2) is 276 Å². The van der Waals surface area contributed by atoms with Crippen LogP contribution in [0.4, 0.5) is 34.1 Å². The van der Waals surface area contributed by atoms with Crippen LogP contribution in [-0.2, 0) is 27.1 Å². The van der Waals surface area contributed by atoms with E-state index in [1.165, 1.54) is 55.3 Å². The number of benzene rings is 13. The first-order chi connectivity index (χ1) is 49.2. The van der Waals surface area contributed by atoms with Crippen molar-refractivity contribution >= 4 is 101 Å². The molecular weight excluding hydrogens is 1250 g/mol. The van der Waals surface area contributed by atoms with Crippen molar-refractivity contribution in [2.24, 2.45) is 0 Å². The zero-order valence-corrected chi connectivity index (χ0v) is 62.2. The fourth-order valence-corrected chi connectivity index (χ4v) is 16.2. The second-order valence-corrected chi connectivity index (χ2v) is 34.1. The number of anilines is 6. The maximum atomic E-state index is 7.42. The molecule has 13 aromatic carbocycles.